The first-order valence-corrected chi connectivity index (χ1v) is 6.25. The number of aliphatic hydroxyl groups is 3. The van der Waals surface area contributed by atoms with Crippen LogP contribution in [-0.2, 0) is 4.74 Å². The number of hydrogen-bond acceptors (Lipinski definition) is 8. The Bertz CT molecular complexity index is 738. The van der Waals surface area contributed by atoms with Crippen molar-refractivity contribution in [3.63, 3.8) is 0 Å². The summed E-state index contributed by atoms with van der Waals surface area (Å²) in [7, 11) is 0. The van der Waals surface area contributed by atoms with Gasteiger partial charge >= 0.3 is 5.69 Å². The molecule has 114 valence electrons. The van der Waals surface area contributed by atoms with Crippen LogP contribution in [0.25, 0.3) is 5.78 Å². The van der Waals surface area contributed by atoms with Crippen molar-refractivity contribution in [2.45, 2.75) is 31.0 Å². The molecule has 2 aromatic heterocycles. The Kier molecular flexibility index (Phi) is 2.99. The average Bonchev–Trinajstić information content (AvgIpc) is 2.91. The van der Waals surface area contributed by atoms with Crippen LogP contribution in [-0.4, -0.2) is 58.7 Å². The molecule has 0 amide bonds. The summed E-state index contributed by atoms with van der Waals surface area (Å²) in [5, 5.41) is 29.6. The number of nitrogen functional groups attached to an aromatic ring is 1. The minimum atomic E-state index is -1.68. The number of aliphatic hydroxyl groups excluding tert-OH is 2. The number of anilines is 1. The second kappa shape index (κ2) is 4.49. The van der Waals surface area contributed by atoms with Gasteiger partial charge in [0.1, 0.15) is 17.8 Å². The molecule has 0 aliphatic carbocycles. The largest absolute Gasteiger partial charge is 0.394 e. The van der Waals surface area contributed by atoms with Gasteiger partial charge in [-0.05, 0) is 6.92 Å². The molecule has 1 aliphatic heterocycles. The molecule has 3 heterocycles. The van der Waals surface area contributed by atoms with Gasteiger partial charge < -0.3 is 25.8 Å². The van der Waals surface area contributed by atoms with E-state index in [9.17, 15) is 20.1 Å². The highest BCUT2D eigenvalue weighted by molar-refractivity contribution is 5.35. The lowest BCUT2D eigenvalue weighted by atomic mass is 9.97. The molecule has 0 spiro atoms. The minimum Gasteiger partial charge on any atom is -0.394 e. The summed E-state index contributed by atoms with van der Waals surface area (Å²) in [6.45, 7) is 0.918. The summed E-state index contributed by atoms with van der Waals surface area (Å²) in [6.07, 6.45) is -0.423. The molecule has 10 heteroatoms. The van der Waals surface area contributed by atoms with Gasteiger partial charge in [0.2, 0.25) is 11.7 Å². The molecule has 3 rings (SSSR count). The lowest BCUT2D eigenvalue weighted by Gasteiger charge is -2.27. The molecule has 4 atom stereocenters. The Hall–Kier alpha value is -2.01. The van der Waals surface area contributed by atoms with Crippen LogP contribution >= 0.6 is 0 Å². The molecule has 0 radical (unpaired) electrons. The van der Waals surface area contributed by atoms with E-state index in [1.807, 2.05) is 0 Å². The lowest BCUT2D eigenvalue weighted by Crippen LogP contribution is -2.44. The van der Waals surface area contributed by atoms with E-state index in [1.54, 1.807) is 0 Å². The van der Waals surface area contributed by atoms with E-state index in [-0.39, 0.29) is 11.7 Å². The van der Waals surface area contributed by atoms with Gasteiger partial charge in [-0.15, -0.1) is 0 Å². The Morgan fingerprint density at radius 1 is 1.48 bits per heavy atom. The normalized spacial score (nSPS) is 32.9. The highest BCUT2D eigenvalue weighted by atomic mass is 16.6. The number of nitrogens with two attached hydrogens (primary N) is 1. The summed E-state index contributed by atoms with van der Waals surface area (Å²) in [5.74, 6) is -0.0968. The summed E-state index contributed by atoms with van der Waals surface area (Å²) >= 11 is 0. The molecule has 21 heavy (non-hydrogen) atoms. The van der Waals surface area contributed by atoms with E-state index in [0.29, 0.717) is 0 Å². The second-order valence-corrected chi connectivity index (χ2v) is 5.12. The van der Waals surface area contributed by atoms with Crippen molar-refractivity contribution in [3.05, 3.63) is 22.9 Å². The van der Waals surface area contributed by atoms with Gasteiger partial charge in [-0.3, -0.25) is 4.57 Å². The second-order valence-electron chi connectivity index (χ2n) is 5.12. The van der Waals surface area contributed by atoms with Crippen molar-refractivity contribution < 1.29 is 20.1 Å². The molecular weight excluding hydrogens is 282 g/mol. The molecule has 1 aliphatic rings. The van der Waals surface area contributed by atoms with E-state index in [1.165, 1.54) is 23.9 Å². The first-order valence-electron chi connectivity index (χ1n) is 6.25. The van der Waals surface area contributed by atoms with Crippen LogP contribution < -0.4 is 11.4 Å². The summed E-state index contributed by atoms with van der Waals surface area (Å²) in [6, 6.07) is 0. The van der Waals surface area contributed by atoms with Gasteiger partial charge in [-0.25, -0.2) is 9.20 Å². The van der Waals surface area contributed by atoms with Gasteiger partial charge in [0.25, 0.3) is 0 Å². The number of fused-ring (bicyclic) bond motifs is 1. The highest BCUT2D eigenvalue weighted by Gasteiger charge is 2.53. The molecule has 1 saturated heterocycles. The number of imidazole rings is 1. The summed E-state index contributed by atoms with van der Waals surface area (Å²) in [4.78, 5) is 19.1. The number of aromatic nitrogens is 4. The average molecular weight is 297 g/mol. The molecule has 2 aromatic rings. The van der Waals surface area contributed by atoms with E-state index in [0.717, 1.165) is 4.40 Å². The van der Waals surface area contributed by atoms with E-state index in [4.69, 9.17) is 10.5 Å². The molecule has 5 N–H and O–H groups in total. The third-order valence-corrected chi connectivity index (χ3v) is 3.64. The predicted octanol–water partition coefficient (Wildman–Crippen LogP) is -2.53. The molecule has 0 bridgehead atoms. The number of nitrogens with zero attached hydrogens (tertiary/aromatic N) is 4. The first kappa shape index (κ1) is 13.9. The van der Waals surface area contributed by atoms with Crippen molar-refractivity contribution in [1.82, 2.24) is 18.9 Å². The molecule has 1 fully saturated rings. The predicted molar refractivity (Wildman–Crippen MR) is 69.3 cm³/mol. The van der Waals surface area contributed by atoms with Crippen LogP contribution in [0.1, 0.15) is 13.2 Å². The van der Waals surface area contributed by atoms with Crippen molar-refractivity contribution in [1.29, 1.82) is 0 Å². The van der Waals surface area contributed by atoms with Gasteiger partial charge in [-0.1, -0.05) is 0 Å². The molecule has 0 aromatic carbocycles. The van der Waals surface area contributed by atoms with Crippen LogP contribution in [0.15, 0.2) is 17.2 Å². The zero-order valence-electron chi connectivity index (χ0n) is 11.1. The topological polar surface area (TPSA) is 148 Å². The van der Waals surface area contributed by atoms with E-state index >= 15 is 0 Å². The minimum absolute atomic E-state index is 0.114. The van der Waals surface area contributed by atoms with Crippen LogP contribution in [0.2, 0.25) is 0 Å². The maximum atomic E-state index is 11.7. The number of ether oxygens (including phenoxy) is 1. The van der Waals surface area contributed by atoms with Crippen LogP contribution in [0, 0.1) is 0 Å². The fourth-order valence-corrected chi connectivity index (χ4v) is 2.51. The Morgan fingerprint density at radius 2 is 2.19 bits per heavy atom. The maximum absolute atomic E-state index is 11.7. The fourth-order valence-electron chi connectivity index (χ4n) is 2.51. The zero-order chi connectivity index (χ0) is 15.4. The standard InChI is InChI=1S/C11H15N5O5/c1-11(20)6(18)5(4-17)21-7(11)15-2-3-16-9(15)13-8(12)14-10(16)19/h2-3,5-7,17-18,20H,4H2,1H3,(H2,12,14,19)/t5-,6+,7-,11?/m1/s1. The highest BCUT2D eigenvalue weighted by Crippen LogP contribution is 2.38. The third-order valence-electron chi connectivity index (χ3n) is 3.64. The Labute approximate surface area is 118 Å². The third kappa shape index (κ3) is 1.92. The molecule has 1 unspecified atom stereocenters. The monoisotopic (exact) mass is 297 g/mol. The van der Waals surface area contributed by atoms with Crippen molar-refractivity contribution in [3.8, 4) is 0 Å². The summed E-state index contributed by atoms with van der Waals surface area (Å²) < 4.78 is 7.96. The number of rotatable bonds is 2. The smallest absolute Gasteiger partial charge is 0.357 e. The van der Waals surface area contributed by atoms with E-state index in [2.05, 4.69) is 9.97 Å². The molecule has 10 nitrogen and oxygen atoms in total. The van der Waals surface area contributed by atoms with E-state index < -0.39 is 36.3 Å². The fraction of sp³-hybridized carbons (Fsp3) is 0.545. The van der Waals surface area contributed by atoms with Crippen molar-refractivity contribution in [2.75, 3.05) is 12.3 Å². The first-order chi connectivity index (χ1) is 9.86. The summed E-state index contributed by atoms with van der Waals surface area (Å²) in [5.41, 5.74) is 3.16. The zero-order valence-corrected chi connectivity index (χ0v) is 11.1. The quantitative estimate of drug-likeness (QED) is 0.474. The van der Waals surface area contributed by atoms with Crippen LogP contribution in [0.4, 0.5) is 5.95 Å². The maximum Gasteiger partial charge on any atom is 0.357 e. The van der Waals surface area contributed by atoms with Crippen molar-refractivity contribution >= 4 is 11.7 Å². The Balaban J connectivity index is 2.15. The van der Waals surface area contributed by atoms with Gasteiger partial charge in [0.15, 0.2) is 6.23 Å². The Morgan fingerprint density at radius 3 is 2.81 bits per heavy atom. The molecule has 0 saturated carbocycles. The van der Waals surface area contributed by atoms with Gasteiger partial charge in [0, 0.05) is 12.4 Å². The lowest BCUT2D eigenvalue weighted by molar-refractivity contribution is -0.0950. The van der Waals surface area contributed by atoms with Crippen molar-refractivity contribution in [2.24, 2.45) is 0 Å². The SMILES string of the molecule is CC1(O)[C@@H](O)[C@@H](CO)O[C@H]1n1ccn2c(=O)nc(N)nc12. The van der Waals surface area contributed by atoms with Crippen LogP contribution in [0.3, 0.4) is 0 Å². The molecular formula is C11H15N5O5. The van der Waals surface area contributed by atoms with Gasteiger partial charge in [-0.2, -0.15) is 9.97 Å². The van der Waals surface area contributed by atoms with Crippen LogP contribution in [0.5, 0.6) is 0 Å². The van der Waals surface area contributed by atoms with Gasteiger partial charge in [0.05, 0.1) is 6.61 Å². The number of hydrogen-bond donors (Lipinski definition) is 4.